The fraction of sp³-hybridized carbons (Fsp3) is 0.417. The molecule has 1 aromatic carbocycles. The number of ether oxygens (including phenoxy) is 2. The molecule has 0 aromatic heterocycles. The van der Waals surface area contributed by atoms with Crippen LogP contribution in [0.25, 0.3) is 0 Å². The van der Waals surface area contributed by atoms with Gasteiger partial charge in [-0.25, -0.2) is 0 Å². The van der Waals surface area contributed by atoms with E-state index in [1.165, 1.54) is 0 Å². The number of amides is 1. The largest absolute Gasteiger partial charge is 0.454 e. The van der Waals surface area contributed by atoms with E-state index in [2.05, 4.69) is 5.32 Å². The Hall–Kier alpha value is -1.46. The monoisotopic (exact) mass is 270 g/mol. The van der Waals surface area contributed by atoms with Gasteiger partial charge in [-0.2, -0.15) is 0 Å². The van der Waals surface area contributed by atoms with Crippen LogP contribution in [0, 0.1) is 0 Å². The van der Waals surface area contributed by atoms with Crippen molar-refractivity contribution in [3.63, 3.8) is 0 Å². The Morgan fingerprint density at radius 3 is 2.89 bits per heavy atom. The highest BCUT2D eigenvalue weighted by Gasteiger charge is 2.45. The lowest BCUT2D eigenvalue weighted by Crippen LogP contribution is -2.42. The molecule has 3 rings (SSSR count). The summed E-state index contributed by atoms with van der Waals surface area (Å²) in [6, 6.07) is 5.63. The van der Waals surface area contributed by atoms with Crippen LogP contribution in [0.1, 0.15) is 18.4 Å². The molecular weight excluding hydrogens is 256 g/mol. The molecule has 1 fully saturated rings. The highest BCUT2D eigenvalue weighted by Crippen LogP contribution is 2.36. The van der Waals surface area contributed by atoms with Crippen LogP contribution in [-0.4, -0.2) is 18.2 Å². The molecule has 6 heteroatoms. The number of halogens is 1. The number of carbonyl (C=O) groups excluding carboxylic acids is 1. The molecule has 2 aliphatic rings. The summed E-state index contributed by atoms with van der Waals surface area (Å²) < 4.78 is 10.6. The van der Waals surface area contributed by atoms with Gasteiger partial charge in [0.1, 0.15) is 0 Å². The van der Waals surface area contributed by atoms with Crippen molar-refractivity contribution < 1.29 is 14.3 Å². The summed E-state index contributed by atoms with van der Waals surface area (Å²) in [7, 11) is 0. The molecule has 1 heterocycles. The van der Waals surface area contributed by atoms with Crippen LogP contribution < -0.4 is 20.5 Å². The van der Waals surface area contributed by atoms with Gasteiger partial charge >= 0.3 is 0 Å². The first-order valence-corrected chi connectivity index (χ1v) is 5.64. The minimum absolute atomic E-state index is 0. The molecule has 0 radical (unpaired) electrons. The van der Waals surface area contributed by atoms with Crippen LogP contribution in [0.2, 0.25) is 0 Å². The summed E-state index contributed by atoms with van der Waals surface area (Å²) in [6.45, 7) is 0.658. The van der Waals surface area contributed by atoms with Gasteiger partial charge < -0.3 is 20.5 Å². The van der Waals surface area contributed by atoms with Gasteiger partial charge in [0.2, 0.25) is 12.7 Å². The fourth-order valence-corrected chi connectivity index (χ4v) is 1.84. The Labute approximate surface area is 111 Å². The molecule has 98 valence electrons. The van der Waals surface area contributed by atoms with Gasteiger partial charge in [0.25, 0.3) is 0 Å². The normalized spacial score (nSPS) is 17.8. The van der Waals surface area contributed by atoms with E-state index >= 15 is 0 Å². The topological polar surface area (TPSA) is 73.6 Å². The van der Waals surface area contributed by atoms with Crippen LogP contribution in [0.5, 0.6) is 11.5 Å². The predicted octanol–water partition coefficient (Wildman–Crippen LogP) is 0.945. The van der Waals surface area contributed by atoms with Gasteiger partial charge in [-0.05, 0) is 18.9 Å². The first-order valence-electron chi connectivity index (χ1n) is 5.64. The Bertz CT molecular complexity index is 474. The van der Waals surface area contributed by atoms with Crippen LogP contribution in [0.4, 0.5) is 0 Å². The molecule has 0 atom stereocenters. The minimum atomic E-state index is -0.630. The third-order valence-corrected chi connectivity index (χ3v) is 3.16. The van der Waals surface area contributed by atoms with E-state index in [1.807, 2.05) is 18.2 Å². The summed E-state index contributed by atoms with van der Waals surface area (Å²) in [6.07, 6.45) is 1.54. The number of hydrogen-bond acceptors (Lipinski definition) is 4. The molecule has 0 saturated heterocycles. The molecule has 3 N–H and O–H groups in total. The number of fused-ring (bicyclic) bond motifs is 1. The first-order chi connectivity index (χ1) is 8.19. The highest BCUT2D eigenvalue weighted by atomic mass is 35.5. The van der Waals surface area contributed by atoms with Crippen molar-refractivity contribution >= 4 is 18.3 Å². The molecule has 18 heavy (non-hydrogen) atoms. The first kappa shape index (κ1) is 13.0. The van der Waals surface area contributed by atoms with Gasteiger partial charge in [-0.3, -0.25) is 4.79 Å². The second kappa shape index (κ2) is 4.66. The maximum absolute atomic E-state index is 11.7. The van der Waals surface area contributed by atoms with Crippen LogP contribution in [-0.2, 0) is 11.3 Å². The van der Waals surface area contributed by atoms with Crippen molar-refractivity contribution in [2.75, 3.05) is 6.79 Å². The van der Waals surface area contributed by atoms with Crippen molar-refractivity contribution in [2.45, 2.75) is 24.9 Å². The molecule has 0 bridgehead atoms. The van der Waals surface area contributed by atoms with E-state index in [0.29, 0.717) is 6.54 Å². The molecule has 5 nitrogen and oxygen atoms in total. The zero-order valence-electron chi connectivity index (χ0n) is 9.77. The number of nitrogens with one attached hydrogen (secondary N) is 1. The number of para-hydroxylation sites is 1. The lowest BCUT2D eigenvalue weighted by atomic mass is 10.1. The highest BCUT2D eigenvalue weighted by molar-refractivity contribution is 5.89. The lowest BCUT2D eigenvalue weighted by molar-refractivity contribution is -0.123. The van der Waals surface area contributed by atoms with Crippen molar-refractivity contribution in [2.24, 2.45) is 5.73 Å². The number of nitrogens with two attached hydrogens (primary N) is 1. The second-order valence-corrected chi connectivity index (χ2v) is 4.49. The third-order valence-electron chi connectivity index (χ3n) is 3.16. The van der Waals surface area contributed by atoms with Crippen molar-refractivity contribution in [3.8, 4) is 11.5 Å². The Morgan fingerprint density at radius 2 is 2.17 bits per heavy atom. The molecule has 1 amide bonds. The number of rotatable bonds is 3. The van der Waals surface area contributed by atoms with Crippen molar-refractivity contribution in [1.29, 1.82) is 0 Å². The van der Waals surface area contributed by atoms with E-state index < -0.39 is 5.54 Å². The molecular formula is C12H15ClN2O3. The van der Waals surface area contributed by atoms with Gasteiger partial charge in [0, 0.05) is 12.1 Å². The molecule has 0 unspecified atom stereocenters. The van der Waals surface area contributed by atoms with E-state index in [-0.39, 0.29) is 25.1 Å². The minimum Gasteiger partial charge on any atom is -0.454 e. The van der Waals surface area contributed by atoms with Gasteiger partial charge in [-0.1, -0.05) is 12.1 Å². The summed E-state index contributed by atoms with van der Waals surface area (Å²) in [5.74, 6) is 1.36. The van der Waals surface area contributed by atoms with Crippen molar-refractivity contribution in [1.82, 2.24) is 5.32 Å². The number of hydrogen-bond donors (Lipinski definition) is 2. The lowest BCUT2D eigenvalue weighted by Gasteiger charge is -2.11. The third kappa shape index (κ3) is 2.23. The summed E-state index contributed by atoms with van der Waals surface area (Å²) in [5, 5.41) is 2.83. The van der Waals surface area contributed by atoms with Gasteiger partial charge in [0.15, 0.2) is 11.5 Å². The quantitative estimate of drug-likeness (QED) is 0.857. The Balaban J connectivity index is 0.00000120. The summed E-state index contributed by atoms with van der Waals surface area (Å²) >= 11 is 0. The molecule has 0 spiro atoms. The zero-order chi connectivity index (χ0) is 11.9. The Kier molecular flexibility index (Phi) is 3.36. The summed E-state index contributed by atoms with van der Waals surface area (Å²) in [4.78, 5) is 11.7. The van der Waals surface area contributed by atoms with E-state index in [0.717, 1.165) is 29.9 Å². The van der Waals surface area contributed by atoms with Gasteiger partial charge in [0.05, 0.1) is 5.54 Å². The smallest absolute Gasteiger partial charge is 0.240 e. The molecule has 1 aromatic rings. The molecule has 1 aliphatic carbocycles. The standard InChI is InChI=1S/C12H14N2O3.ClH/c13-12(4-5-12)11(15)14-6-8-2-1-3-9-10(8)17-7-16-9;/h1-3H,4-7,13H2,(H,14,15);1H. The average molecular weight is 271 g/mol. The van der Waals surface area contributed by atoms with E-state index in [9.17, 15) is 4.79 Å². The fourth-order valence-electron chi connectivity index (χ4n) is 1.84. The zero-order valence-corrected chi connectivity index (χ0v) is 10.6. The van der Waals surface area contributed by atoms with Crippen LogP contribution in [0.3, 0.4) is 0 Å². The van der Waals surface area contributed by atoms with Crippen molar-refractivity contribution in [3.05, 3.63) is 23.8 Å². The van der Waals surface area contributed by atoms with Gasteiger partial charge in [-0.15, -0.1) is 12.4 Å². The average Bonchev–Trinajstić information content (AvgIpc) is 2.92. The maximum Gasteiger partial charge on any atom is 0.240 e. The summed E-state index contributed by atoms with van der Waals surface area (Å²) in [5.41, 5.74) is 6.08. The maximum atomic E-state index is 11.7. The Morgan fingerprint density at radius 1 is 1.39 bits per heavy atom. The number of benzene rings is 1. The van der Waals surface area contributed by atoms with Crippen LogP contribution >= 0.6 is 12.4 Å². The SMILES string of the molecule is Cl.NC1(C(=O)NCc2cccc3c2OCO3)CC1. The molecule has 1 aliphatic heterocycles. The second-order valence-electron chi connectivity index (χ2n) is 4.49. The number of carbonyl (C=O) groups is 1. The van der Waals surface area contributed by atoms with E-state index in [4.69, 9.17) is 15.2 Å². The molecule has 1 saturated carbocycles. The predicted molar refractivity (Wildman–Crippen MR) is 67.8 cm³/mol. The van der Waals surface area contributed by atoms with Crippen LogP contribution in [0.15, 0.2) is 18.2 Å². The van der Waals surface area contributed by atoms with E-state index in [1.54, 1.807) is 0 Å².